The summed E-state index contributed by atoms with van der Waals surface area (Å²) in [5, 5.41) is 7.44. The highest BCUT2D eigenvalue weighted by Crippen LogP contribution is 2.30. The van der Waals surface area contributed by atoms with E-state index < -0.39 is 6.43 Å². The van der Waals surface area contributed by atoms with E-state index in [9.17, 15) is 8.78 Å². The molecule has 2 aliphatic rings. The summed E-state index contributed by atoms with van der Waals surface area (Å²) in [6.07, 6.45) is 2.34. The van der Waals surface area contributed by atoms with Crippen molar-refractivity contribution in [3.8, 4) is 5.69 Å². The van der Waals surface area contributed by atoms with Crippen molar-refractivity contribution in [3.05, 3.63) is 54.6 Å². The first-order valence-electron chi connectivity index (χ1n) is 10.2. The van der Waals surface area contributed by atoms with E-state index in [4.69, 9.17) is 4.74 Å². The van der Waals surface area contributed by atoms with E-state index in [0.717, 1.165) is 50.8 Å². The fraction of sp³-hybridized carbons (Fsp3) is 0.381. The first-order chi connectivity index (χ1) is 15.2. The predicted octanol–water partition coefficient (Wildman–Crippen LogP) is 2.86. The number of nitrogens with one attached hydrogen (secondary N) is 1. The summed E-state index contributed by atoms with van der Waals surface area (Å²) >= 11 is 0. The van der Waals surface area contributed by atoms with Crippen molar-refractivity contribution in [1.82, 2.24) is 24.6 Å². The zero-order valence-corrected chi connectivity index (χ0v) is 16.9. The molecule has 0 saturated carbocycles. The number of hydrogen-bond acceptors (Lipinski definition) is 7. The number of pyridine rings is 1. The Morgan fingerprint density at radius 1 is 1.06 bits per heavy atom. The van der Waals surface area contributed by atoms with Crippen LogP contribution in [0.3, 0.4) is 0 Å². The van der Waals surface area contributed by atoms with Gasteiger partial charge in [-0.3, -0.25) is 9.88 Å². The summed E-state index contributed by atoms with van der Waals surface area (Å²) in [5.74, 6) is 0.330. The summed E-state index contributed by atoms with van der Waals surface area (Å²) < 4.78 is 34.0. The summed E-state index contributed by atoms with van der Waals surface area (Å²) in [7, 11) is 0. The first kappa shape index (κ1) is 19.8. The Morgan fingerprint density at radius 3 is 2.58 bits per heavy atom. The van der Waals surface area contributed by atoms with Gasteiger partial charge in [-0.15, -0.1) is 5.10 Å². The Hall–Kier alpha value is -3.11. The fourth-order valence-electron chi connectivity index (χ4n) is 3.86. The standard InChI is InChI=1S/C21H23F2N7O/c22-20(23)15-8-16(26-21-25-14-30(27-21)17-2-1-3-24-11-17)10-18(9-15)28-4-6-29(7-5-28)19-12-31-13-19/h1-3,8-11,14,19-20H,4-7,12-13H2,(H,26,27). The number of piperazine rings is 1. The number of alkyl halides is 2. The molecule has 0 bridgehead atoms. The van der Waals surface area contributed by atoms with Crippen LogP contribution in [-0.4, -0.2) is 70.1 Å². The van der Waals surface area contributed by atoms with Gasteiger partial charge in [0.25, 0.3) is 6.43 Å². The molecule has 2 aliphatic heterocycles. The normalized spacial score (nSPS) is 17.7. The van der Waals surface area contributed by atoms with Crippen molar-refractivity contribution < 1.29 is 13.5 Å². The molecular formula is C21H23F2N7O. The molecule has 1 aromatic carbocycles. The maximum Gasteiger partial charge on any atom is 0.263 e. The Bertz CT molecular complexity index is 1020. The number of hydrogen-bond donors (Lipinski definition) is 1. The molecule has 5 rings (SSSR count). The lowest BCUT2D eigenvalue weighted by atomic mass is 10.1. The van der Waals surface area contributed by atoms with Crippen molar-refractivity contribution in [1.29, 1.82) is 0 Å². The van der Waals surface area contributed by atoms with Crippen LogP contribution < -0.4 is 10.2 Å². The van der Waals surface area contributed by atoms with E-state index in [-0.39, 0.29) is 5.56 Å². The van der Waals surface area contributed by atoms with Crippen LogP contribution in [0.2, 0.25) is 0 Å². The molecule has 8 nitrogen and oxygen atoms in total. The second-order valence-corrected chi connectivity index (χ2v) is 7.68. The van der Waals surface area contributed by atoms with Crippen molar-refractivity contribution in [3.63, 3.8) is 0 Å². The Morgan fingerprint density at radius 2 is 1.90 bits per heavy atom. The second kappa shape index (κ2) is 8.56. The van der Waals surface area contributed by atoms with Gasteiger partial charge in [0.05, 0.1) is 31.1 Å². The highest BCUT2D eigenvalue weighted by Gasteiger charge is 2.29. The molecular weight excluding hydrogens is 404 g/mol. The molecule has 1 N–H and O–H groups in total. The first-order valence-corrected chi connectivity index (χ1v) is 10.2. The highest BCUT2D eigenvalue weighted by atomic mass is 19.3. The van der Waals surface area contributed by atoms with Crippen molar-refractivity contribution in [2.75, 3.05) is 49.6 Å². The molecule has 2 saturated heterocycles. The van der Waals surface area contributed by atoms with Crippen LogP contribution >= 0.6 is 0 Å². The molecule has 0 amide bonds. The van der Waals surface area contributed by atoms with Crippen LogP contribution in [0.25, 0.3) is 5.69 Å². The smallest absolute Gasteiger partial charge is 0.263 e. The van der Waals surface area contributed by atoms with Gasteiger partial charge in [-0.2, -0.15) is 4.98 Å². The van der Waals surface area contributed by atoms with E-state index >= 15 is 0 Å². The SMILES string of the molecule is FC(F)c1cc(Nc2ncn(-c3cccnc3)n2)cc(N2CCN(C3COC3)CC2)c1. The number of aromatic nitrogens is 4. The number of rotatable bonds is 6. The third kappa shape index (κ3) is 4.35. The topological polar surface area (TPSA) is 71.3 Å². The van der Waals surface area contributed by atoms with Crippen LogP contribution in [-0.2, 0) is 4.74 Å². The maximum atomic E-state index is 13.6. The zero-order valence-electron chi connectivity index (χ0n) is 16.9. The number of anilines is 3. The Kier molecular flexibility index (Phi) is 5.47. The number of benzene rings is 1. The highest BCUT2D eigenvalue weighted by molar-refractivity contribution is 5.64. The van der Waals surface area contributed by atoms with Gasteiger partial charge in [0.2, 0.25) is 5.95 Å². The van der Waals surface area contributed by atoms with E-state index in [1.54, 1.807) is 35.5 Å². The molecule has 0 atom stereocenters. The zero-order chi connectivity index (χ0) is 21.2. The number of ether oxygens (including phenoxy) is 1. The predicted molar refractivity (Wildman–Crippen MR) is 112 cm³/mol. The molecule has 0 radical (unpaired) electrons. The van der Waals surface area contributed by atoms with Crippen molar-refractivity contribution in [2.45, 2.75) is 12.5 Å². The molecule has 4 heterocycles. The summed E-state index contributed by atoms with van der Waals surface area (Å²) in [6, 6.07) is 9.04. The van der Waals surface area contributed by atoms with Crippen molar-refractivity contribution >= 4 is 17.3 Å². The third-order valence-electron chi connectivity index (χ3n) is 5.67. The largest absolute Gasteiger partial charge is 0.378 e. The van der Waals surface area contributed by atoms with Gasteiger partial charge in [-0.1, -0.05) is 0 Å². The molecule has 0 unspecified atom stereocenters. The molecule has 2 fully saturated rings. The Labute approximate surface area is 178 Å². The number of nitrogens with zero attached hydrogens (tertiary/aromatic N) is 6. The minimum absolute atomic E-state index is 0.0264. The van der Waals surface area contributed by atoms with E-state index in [2.05, 4.69) is 30.2 Å². The fourth-order valence-corrected chi connectivity index (χ4v) is 3.86. The quantitative estimate of drug-likeness (QED) is 0.649. The van der Waals surface area contributed by atoms with Gasteiger partial charge in [-0.05, 0) is 30.3 Å². The van der Waals surface area contributed by atoms with Crippen LogP contribution in [0.5, 0.6) is 0 Å². The molecule has 31 heavy (non-hydrogen) atoms. The molecule has 2 aromatic heterocycles. The molecule has 0 aliphatic carbocycles. The minimum Gasteiger partial charge on any atom is -0.378 e. The van der Waals surface area contributed by atoms with Crippen LogP contribution in [0.1, 0.15) is 12.0 Å². The summed E-state index contributed by atoms with van der Waals surface area (Å²) in [6.45, 7) is 4.94. The van der Waals surface area contributed by atoms with Gasteiger partial charge in [0.1, 0.15) is 6.33 Å². The monoisotopic (exact) mass is 427 g/mol. The third-order valence-corrected chi connectivity index (χ3v) is 5.67. The average molecular weight is 427 g/mol. The van der Waals surface area contributed by atoms with Gasteiger partial charge < -0.3 is 15.0 Å². The lowest BCUT2D eigenvalue weighted by Gasteiger charge is -2.43. The van der Waals surface area contributed by atoms with Gasteiger partial charge in [0, 0.05) is 49.3 Å². The van der Waals surface area contributed by atoms with Crippen molar-refractivity contribution in [2.24, 2.45) is 0 Å². The lowest BCUT2D eigenvalue weighted by Crippen LogP contribution is -2.56. The van der Waals surface area contributed by atoms with E-state index in [1.807, 2.05) is 12.1 Å². The maximum absolute atomic E-state index is 13.6. The van der Waals surface area contributed by atoms with E-state index in [0.29, 0.717) is 17.7 Å². The average Bonchev–Trinajstić information content (AvgIpc) is 3.22. The van der Waals surface area contributed by atoms with Crippen LogP contribution in [0, 0.1) is 0 Å². The van der Waals surface area contributed by atoms with Gasteiger partial charge in [0.15, 0.2) is 0 Å². The molecule has 10 heteroatoms. The van der Waals surface area contributed by atoms with Gasteiger partial charge in [-0.25, -0.2) is 13.5 Å². The lowest BCUT2D eigenvalue weighted by molar-refractivity contribution is -0.0660. The van der Waals surface area contributed by atoms with Crippen LogP contribution in [0.15, 0.2) is 49.1 Å². The second-order valence-electron chi connectivity index (χ2n) is 7.68. The molecule has 3 aromatic rings. The van der Waals surface area contributed by atoms with E-state index in [1.165, 1.54) is 6.07 Å². The molecule has 0 spiro atoms. The van der Waals surface area contributed by atoms with Crippen LogP contribution in [0.4, 0.5) is 26.1 Å². The summed E-state index contributed by atoms with van der Waals surface area (Å²) in [5.41, 5.74) is 2.05. The number of halogens is 2. The minimum atomic E-state index is -2.56. The summed E-state index contributed by atoms with van der Waals surface area (Å²) in [4.78, 5) is 12.9. The van der Waals surface area contributed by atoms with Gasteiger partial charge >= 0.3 is 0 Å². The molecule has 162 valence electrons. The Balaban J connectivity index is 1.33.